The lowest BCUT2D eigenvalue weighted by molar-refractivity contribution is -0.139. The van der Waals surface area contributed by atoms with Crippen molar-refractivity contribution in [3.8, 4) is 0 Å². The maximum atomic E-state index is 12.2. The Hall–Kier alpha value is -1.40. The lowest BCUT2D eigenvalue weighted by atomic mass is 10.1. The number of ether oxygens (including phenoxy) is 1. The number of nitrogens with one attached hydrogen (secondary N) is 1. The molecule has 0 aromatic carbocycles. The molecule has 1 saturated heterocycles. The van der Waals surface area contributed by atoms with Gasteiger partial charge in [0.25, 0.3) is 0 Å². The Morgan fingerprint density at radius 1 is 1.57 bits per heavy atom. The van der Waals surface area contributed by atoms with Crippen molar-refractivity contribution < 1.29 is 9.53 Å². The van der Waals surface area contributed by atoms with Crippen LogP contribution in [0.3, 0.4) is 0 Å². The number of aromatic nitrogens is 2. The van der Waals surface area contributed by atoms with Crippen LogP contribution < -0.4 is 0 Å². The zero-order chi connectivity index (χ0) is 15.1. The predicted molar refractivity (Wildman–Crippen MR) is 81.0 cm³/mol. The molecule has 0 bridgehead atoms. The average molecular weight is 294 g/mol. The van der Waals surface area contributed by atoms with Gasteiger partial charge in [-0.25, -0.2) is 0 Å². The van der Waals surface area contributed by atoms with Crippen LogP contribution >= 0.6 is 0 Å². The van der Waals surface area contributed by atoms with Gasteiger partial charge in [-0.15, -0.1) is 0 Å². The zero-order valence-electron chi connectivity index (χ0n) is 13.0. The third kappa shape index (κ3) is 5.47. The van der Waals surface area contributed by atoms with Crippen molar-refractivity contribution >= 4 is 5.91 Å². The molecule has 6 nitrogen and oxygen atoms in total. The van der Waals surface area contributed by atoms with Gasteiger partial charge in [-0.2, -0.15) is 5.10 Å². The van der Waals surface area contributed by atoms with Crippen molar-refractivity contribution in [3.05, 3.63) is 18.0 Å². The minimum absolute atomic E-state index is 0.180. The molecule has 118 valence electrons. The number of carbonyl (C=O) groups is 1. The number of hydrogen-bond acceptors (Lipinski definition) is 4. The smallest absolute Gasteiger partial charge is 0.222 e. The minimum Gasteiger partial charge on any atom is -0.374 e. The van der Waals surface area contributed by atoms with Crippen molar-refractivity contribution in [1.29, 1.82) is 0 Å². The van der Waals surface area contributed by atoms with Crippen molar-refractivity contribution in [2.75, 3.05) is 40.3 Å². The monoisotopic (exact) mass is 294 g/mol. The molecule has 1 aliphatic rings. The summed E-state index contributed by atoms with van der Waals surface area (Å²) >= 11 is 0. The van der Waals surface area contributed by atoms with Crippen LogP contribution in [-0.2, 0) is 16.0 Å². The van der Waals surface area contributed by atoms with E-state index in [1.807, 2.05) is 17.3 Å². The number of carbonyl (C=O) groups excluding carboxylic acids is 1. The minimum atomic E-state index is 0.180. The first-order valence-electron chi connectivity index (χ1n) is 7.67. The van der Waals surface area contributed by atoms with E-state index in [2.05, 4.69) is 29.2 Å². The Bertz CT molecular complexity index is 419. The van der Waals surface area contributed by atoms with Gasteiger partial charge in [0, 0.05) is 32.3 Å². The molecule has 1 atom stereocenters. The SMILES string of the molecule is CN(C)CC[C@H]1CN(C(=O)CCCc2cn[nH]c2)CCO1. The van der Waals surface area contributed by atoms with Crippen LogP contribution in [0.25, 0.3) is 0 Å². The summed E-state index contributed by atoms with van der Waals surface area (Å²) < 4.78 is 5.74. The van der Waals surface area contributed by atoms with Crippen molar-refractivity contribution in [3.63, 3.8) is 0 Å². The molecule has 2 rings (SSSR count). The number of H-pyrrole nitrogens is 1. The van der Waals surface area contributed by atoms with E-state index in [0.29, 0.717) is 13.0 Å². The fourth-order valence-electron chi connectivity index (χ4n) is 2.54. The molecule has 6 heteroatoms. The number of amides is 1. The summed E-state index contributed by atoms with van der Waals surface area (Å²) in [7, 11) is 4.11. The molecule has 0 saturated carbocycles. The molecule has 1 amide bonds. The third-order valence-corrected chi connectivity index (χ3v) is 3.80. The Balaban J connectivity index is 1.68. The summed E-state index contributed by atoms with van der Waals surface area (Å²) in [5.74, 6) is 0.247. The summed E-state index contributed by atoms with van der Waals surface area (Å²) in [6.07, 6.45) is 7.23. The number of rotatable bonds is 7. The van der Waals surface area contributed by atoms with Crippen LogP contribution in [0.4, 0.5) is 0 Å². The van der Waals surface area contributed by atoms with Gasteiger partial charge in [-0.1, -0.05) is 0 Å². The van der Waals surface area contributed by atoms with Crippen molar-refractivity contribution in [2.24, 2.45) is 0 Å². The Labute approximate surface area is 126 Å². The predicted octanol–water partition coefficient (Wildman–Crippen LogP) is 0.912. The highest BCUT2D eigenvalue weighted by Crippen LogP contribution is 2.12. The van der Waals surface area contributed by atoms with Crippen LogP contribution in [0.2, 0.25) is 0 Å². The lowest BCUT2D eigenvalue weighted by Gasteiger charge is -2.33. The normalized spacial score (nSPS) is 19.2. The molecule has 0 aliphatic carbocycles. The molecule has 0 spiro atoms. The second-order valence-corrected chi connectivity index (χ2v) is 5.88. The van der Waals surface area contributed by atoms with E-state index in [9.17, 15) is 4.79 Å². The molecule has 1 N–H and O–H groups in total. The number of nitrogens with zero attached hydrogens (tertiary/aromatic N) is 3. The van der Waals surface area contributed by atoms with E-state index in [-0.39, 0.29) is 12.0 Å². The second-order valence-electron chi connectivity index (χ2n) is 5.88. The molecular formula is C15H26N4O2. The summed E-state index contributed by atoms with van der Waals surface area (Å²) in [6, 6.07) is 0. The van der Waals surface area contributed by atoms with Crippen LogP contribution in [-0.4, -0.2) is 72.3 Å². The van der Waals surface area contributed by atoms with E-state index in [1.54, 1.807) is 0 Å². The van der Waals surface area contributed by atoms with Gasteiger partial charge in [0.05, 0.1) is 18.9 Å². The molecule has 1 aliphatic heterocycles. The fourth-order valence-corrected chi connectivity index (χ4v) is 2.54. The van der Waals surface area contributed by atoms with Crippen LogP contribution in [0.1, 0.15) is 24.8 Å². The quantitative estimate of drug-likeness (QED) is 0.812. The lowest BCUT2D eigenvalue weighted by Crippen LogP contribution is -2.46. The first-order valence-corrected chi connectivity index (χ1v) is 7.67. The van der Waals surface area contributed by atoms with Gasteiger partial charge >= 0.3 is 0 Å². The van der Waals surface area contributed by atoms with Crippen LogP contribution in [0, 0.1) is 0 Å². The Morgan fingerprint density at radius 3 is 3.14 bits per heavy atom. The number of hydrogen-bond donors (Lipinski definition) is 1. The first-order chi connectivity index (χ1) is 10.1. The molecule has 1 aromatic heterocycles. The molecule has 0 radical (unpaired) electrons. The molecular weight excluding hydrogens is 268 g/mol. The molecule has 2 heterocycles. The Kier molecular flexibility index (Phi) is 6.20. The molecule has 1 fully saturated rings. The number of aromatic amines is 1. The van der Waals surface area contributed by atoms with Crippen molar-refractivity contribution in [2.45, 2.75) is 31.8 Å². The standard InChI is InChI=1S/C15H26N4O2/c1-18(2)7-6-14-12-19(8-9-21-14)15(20)5-3-4-13-10-16-17-11-13/h10-11,14H,3-9,12H2,1-2H3,(H,16,17)/t14-/m0/s1. The van der Waals surface area contributed by atoms with Gasteiger partial charge in [0.1, 0.15) is 0 Å². The summed E-state index contributed by atoms with van der Waals surface area (Å²) in [5, 5.41) is 6.71. The highest BCUT2D eigenvalue weighted by atomic mass is 16.5. The van der Waals surface area contributed by atoms with Gasteiger partial charge in [0.15, 0.2) is 0 Å². The fraction of sp³-hybridized carbons (Fsp3) is 0.733. The van der Waals surface area contributed by atoms with Gasteiger partial charge in [0.2, 0.25) is 5.91 Å². The first kappa shape index (κ1) is 16.0. The Morgan fingerprint density at radius 2 is 2.43 bits per heavy atom. The highest BCUT2D eigenvalue weighted by molar-refractivity contribution is 5.76. The van der Waals surface area contributed by atoms with E-state index in [4.69, 9.17) is 4.74 Å². The second kappa shape index (κ2) is 8.14. The number of morpholine rings is 1. The van der Waals surface area contributed by atoms with Crippen LogP contribution in [0.15, 0.2) is 12.4 Å². The molecule has 0 unspecified atom stereocenters. The summed E-state index contributed by atoms with van der Waals surface area (Å²) in [5.41, 5.74) is 1.16. The molecule has 21 heavy (non-hydrogen) atoms. The molecule has 1 aromatic rings. The average Bonchev–Trinajstić information content (AvgIpc) is 2.98. The van der Waals surface area contributed by atoms with E-state index in [1.165, 1.54) is 0 Å². The van der Waals surface area contributed by atoms with E-state index < -0.39 is 0 Å². The van der Waals surface area contributed by atoms with Gasteiger partial charge < -0.3 is 14.5 Å². The number of aryl methyl sites for hydroxylation is 1. The van der Waals surface area contributed by atoms with Gasteiger partial charge in [-0.3, -0.25) is 9.89 Å². The zero-order valence-corrected chi connectivity index (χ0v) is 13.0. The highest BCUT2D eigenvalue weighted by Gasteiger charge is 2.23. The maximum Gasteiger partial charge on any atom is 0.222 e. The largest absolute Gasteiger partial charge is 0.374 e. The van der Waals surface area contributed by atoms with Gasteiger partial charge in [-0.05, 0) is 38.9 Å². The summed E-state index contributed by atoms with van der Waals surface area (Å²) in [6.45, 7) is 3.11. The van der Waals surface area contributed by atoms with E-state index >= 15 is 0 Å². The maximum absolute atomic E-state index is 12.2. The van der Waals surface area contributed by atoms with Crippen LogP contribution in [0.5, 0.6) is 0 Å². The van der Waals surface area contributed by atoms with Crippen molar-refractivity contribution in [1.82, 2.24) is 20.0 Å². The third-order valence-electron chi connectivity index (χ3n) is 3.80. The van der Waals surface area contributed by atoms with E-state index in [0.717, 1.165) is 44.5 Å². The summed E-state index contributed by atoms with van der Waals surface area (Å²) in [4.78, 5) is 16.4. The topological polar surface area (TPSA) is 61.5 Å².